The van der Waals surface area contributed by atoms with E-state index in [-0.39, 0.29) is 5.92 Å². The number of methoxy groups -OCH3 is 1. The van der Waals surface area contributed by atoms with Crippen LogP contribution in [0.5, 0.6) is 5.75 Å². The summed E-state index contributed by atoms with van der Waals surface area (Å²) < 4.78 is 5.37. The van der Waals surface area contributed by atoms with Gasteiger partial charge in [-0.15, -0.1) is 0 Å². The molecule has 0 saturated heterocycles. The molecule has 204 valence electrons. The summed E-state index contributed by atoms with van der Waals surface area (Å²) in [5.41, 5.74) is 10.1. The molecular weight excluding hydrogens is 520 g/mol. The van der Waals surface area contributed by atoms with E-state index >= 15 is 0 Å². The highest BCUT2D eigenvalue weighted by Crippen LogP contribution is 2.57. The van der Waals surface area contributed by atoms with Crippen molar-refractivity contribution < 1.29 is 14.3 Å². The van der Waals surface area contributed by atoms with Gasteiger partial charge in [0, 0.05) is 5.92 Å². The Labute approximate surface area is 244 Å². The quantitative estimate of drug-likeness (QED) is 0.148. The molecule has 1 aliphatic carbocycles. The van der Waals surface area contributed by atoms with Crippen molar-refractivity contribution >= 4 is 23.5 Å². The van der Waals surface area contributed by atoms with Gasteiger partial charge in [0.2, 0.25) is 12.2 Å². The van der Waals surface area contributed by atoms with Gasteiger partial charge in [-0.1, -0.05) is 91.9 Å². The third-order valence-electron chi connectivity index (χ3n) is 8.46. The number of hydrogen-bond donors (Lipinski definition) is 0. The predicted octanol–water partition coefficient (Wildman–Crippen LogP) is 8.45. The van der Waals surface area contributed by atoms with E-state index in [1.807, 2.05) is 49.4 Å². The Morgan fingerprint density at radius 3 is 1.81 bits per heavy atom. The highest BCUT2D eigenvalue weighted by Gasteiger charge is 2.46. The molecule has 1 atom stereocenters. The van der Waals surface area contributed by atoms with Crippen LogP contribution >= 0.6 is 0 Å². The first-order valence-electron chi connectivity index (χ1n) is 13.8. The van der Waals surface area contributed by atoms with Gasteiger partial charge in [0.1, 0.15) is 5.75 Å². The lowest BCUT2D eigenvalue weighted by Crippen LogP contribution is -2.29. The highest BCUT2D eigenvalue weighted by molar-refractivity contribution is 5.86. The van der Waals surface area contributed by atoms with Crippen LogP contribution in [0.3, 0.4) is 0 Å². The molecule has 0 bridgehead atoms. The van der Waals surface area contributed by atoms with Crippen molar-refractivity contribution in [2.45, 2.75) is 25.2 Å². The fourth-order valence-corrected chi connectivity index (χ4v) is 6.44. The van der Waals surface area contributed by atoms with Crippen LogP contribution in [0.15, 0.2) is 119 Å². The fourth-order valence-electron chi connectivity index (χ4n) is 6.44. The van der Waals surface area contributed by atoms with Gasteiger partial charge in [0.05, 0.1) is 23.9 Å². The van der Waals surface area contributed by atoms with Gasteiger partial charge in [-0.05, 0) is 81.3 Å². The molecule has 0 aliphatic heterocycles. The van der Waals surface area contributed by atoms with Crippen LogP contribution in [-0.2, 0) is 15.0 Å². The zero-order valence-electron chi connectivity index (χ0n) is 23.6. The van der Waals surface area contributed by atoms with Crippen molar-refractivity contribution in [2.75, 3.05) is 7.11 Å². The Hall–Kier alpha value is -5.34. The van der Waals surface area contributed by atoms with Crippen LogP contribution < -0.4 is 4.74 Å². The number of ether oxygens (including phenoxy) is 1. The fraction of sp³-hybridized carbons (Fsp3) is 0.135. The number of isocyanates is 2. The van der Waals surface area contributed by atoms with Crippen molar-refractivity contribution in [2.24, 2.45) is 9.98 Å². The van der Waals surface area contributed by atoms with Crippen LogP contribution in [0.1, 0.15) is 51.8 Å². The summed E-state index contributed by atoms with van der Waals surface area (Å²) >= 11 is 0. The van der Waals surface area contributed by atoms with Crippen LogP contribution in [0.2, 0.25) is 0 Å². The Morgan fingerprint density at radius 1 is 0.690 bits per heavy atom. The molecule has 6 rings (SSSR count). The highest BCUT2D eigenvalue weighted by atomic mass is 16.5. The van der Waals surface area contributed by atoms with Crippen molar-refractivity contribution in [3.05, 3.63) is 148 Å². The van der Waals surface area contributed by atoms with E-state index in [1.54, 1.807) is 19.3 Å². The summed E-state index contributed by atoms with van der Waals surface area (Å²) in [6, 6.07) is 37.1. The standard InChI is InChI=1S/C37H28N2O3/c1-24-20-27(14-18-35(24)38-22-40)37(33-10-6-4-8-30(33)31-9-5-7-11-34(31)37)28-15-19-36(39-23-41)32(21-28)25(2)26-12-16-29(42-3)17-13-26/h4-21,25H,1-3H3. The van der Waals surface area contributed by atoms with E-state index < -0.39 is 5.41 Å². The van der Waals surface area contributed by atoms with Crippen molar-refractivity contribution in [1.29, 1.82) is 0 Å². The average molecular weight is 549 g/mol. The lowest BCUT2D eigenvalue weighted by molar-refractivity contribution is 0.414. The van der Waals surface area contributed by atoms with Gasteiger partial charge in [-0.2, -0.15) is 9.98 Å². The molecule has 0 aromatic heterocycles. The lowest BCUT2D eigenvalue weighted by Gasteiger charge is -2.35. The van der Waals surface area contributed by atoms with Crippen LogP contribution in [0.25, 0.3) is 11.1 Å². The molecule has 1 unspecified atom stereocenters. The minimum atomic E-state index is -0.667. The zero-order chi connectivity index (χ0) is 29.3. The molecule has 42 heavy (non-hydrogen) atoms. The molecule has 0 fully saturated rings. The first-order chi connectivity index (χ1) is 20.5. The summed E-state index contributed by atoms with van der Waals surface area (Å²) in [5.74, 6) is 0.708. The molecule has 5 nitrogen and oxygen atoms in total. The Morgan fingerprint density at radius 2 is 1.24 bits per heavy atom. The number of aliphatic imine (C=N–C) groups is 2. The molecule has 5 heteroatoms. The second kappa shape index (κ2) is 10.9. The zero-order valence-corrected chi connectivity index (χ0v) is 23.6. The van der Waals surface area contributed by atoms with Gasteiger partial charge in [0.15, 0.2) is 0 Å². The van der Waals surface area contributed by atoms with Gasteiger partial charge in [-0.25, -0.2) is 9.59 Å². The van der Waals surface area contributed by atoms with Gasteiger partial charge >= 0.3 is 0 Å². The van der Waals surface area contributed by atoms with Gasteiger partial charge in [-0.3, -0.25) is 0 Å². The molecule has 0 heterocycles. The maximum atomic E-state index is 11.5. The number of hydrogen-bond acceptors (Lipinski definition) is 5. The molecule has 5 aromatic rings. The van der Waals surface area contributed by atoms with Crippen LogP contribution in [0.4, 0.5) is 11.4 Å². The first kappa shape index (κ1) is 26.9. The molecular formula is C37H28N2O3. The minimum Gasteiger partial charge on any atom is -0.497 e. The van der Waals surface area contributed by atoms with Gasteiger partial charge in [0.25, 0.3) is 0 Å². The first-order valence-corrected chi connectivity index (χ1v) is 13.8. The molecule has 0 N–H and O–H groups in total. The maximum absolute atomic E-state index is 11.5. The third-order valence-corrected chi connectivity index (χ3v) is 8.46. The number of fused-ring (bicyclic) bond motifs is 3. The smallest absolute Gasteiger partial charge is 0.240 e. The van der Waals surface area contributed by atoms with E-state index in [2.05, 4.69) is 83.6 Å². The van der Waals surface area contributed by atoms with E-state index in [0.717, 1.165) is 44.7 Å². The molecule has 0 amide bonds. The number of rotatable bonds is 7. The van der Waals surface area contributed by atoms with E-state index in [9.17, 15) is 9.59 Å². The summed E-state index contributed by atoms with van der Waals surface area (Å²) in [6.07, 6.45) is 3.42. The van der Waals surface area contributed by atoms with Crippen molar-refractivity contribution in [1.82, 2.24) is 0 Å². The number of aryl methyl sites for hydroxylation is 1. The lowest BCUT2D eigenvalue weighted by atomic mass is 9.66. The summed E-state index contributed by atoms with van der Waals surface area (Å²) in [4.78, 5) is 30.6. The molecule has 0 saturated carbocycles. The number of nitrogens with zero attached hydrogens (tertiary/aromatic N) is 2. The second-order valence-corrected chi connectivity index (χ2v) is 10.5. The Kier molecular flexibility index (Phi) is 6.98. The molecule has 0 spiro atoms. The second-order valence-electron chi connectivity index (χ2n) is 10.5. The van der Waals surface area contributed by atoms with E-state index in [0.29, 0.717) is 11.4 Å². The monoisotopic (exact) mass is 548 g/mol. The third kappa shape index (κ3) is 4.20. The predicted molar refractivity (Wildman–Crippen MR) is 165 cm³/mol. The average Bonchev–Trinajstić information content (AvgIpc) is 3.33. The maximum Gasteiger partial charge on any atom is 0.240 e. The molecule has 1 aliphatic rings. The molecule has 0 radical (unpaired) electrons. The molecule has 5 aromatic carbocycles. The van der Waals surface area contributed by atoms with E-state index in [1.165, 1.54) is 11.1 Å². The van der Waals surface area contributed by atoms with Crippen LogP contribution in [0, 0.1) is 6.92 Å². The largest absolute Gasteiger partial charge is 0.497 e. The topological polar surface area (TPSA) is 68.1 Å². The van der Waals surface area contributed by atoms with E-state index in [4.69, 9.17) is 4.74 Å². The normalized spacial score (nSPS) is 13.2. The van der Waals surface area contributed by atoms with Crippen molar-refractivity contribution in [3.8, 4) is 16.9 Å². The minimum absolute atomic E-state index is 0.0714. The SMILES string of the molecule is COc1ccc(C(C)c2cc(C3(c4ccc(N=C=O)c(C)c4)c4ccccc4-c4ccccc43)ccc2N=C=O)cc1. The van der Waals surface area contributed by atoms with Crippen molar-refractivity contribution in [3.63, 3.8) is 0 Å². The summed E-state index contributed by atoms with van der Waals surface area (Å²) in [6.45, 7) is 4.07. The Bertz CT molecular complexity index is 1870. The van der Waals surface area contributed by atoms with Gasteiger partial charge < -0.3 is 4.74 Å². The number of benzene rings is 5. The summed E-state index contributed by atoms with van der Waals surface area (Å²) in [7, 11) is 1.65. The Balaban J connectivity index is 1.67. The summed E-state index contributed by atoms with van der Waals surface area (Å²) in [5, 5.41) is 0. The number of carbonyl (C=O) groups excluding carboxylic acids is 2. The van der Waals surface area contributed by atoms with Crippen LogP contribution in [-0.4, -0.2) is 19.3 Å².